The first-order valence-electron chi connectivity index (χ1n) is 9.53. The van der Waals surface area contributed by atoms with Crippen LogP contribution in [-0.4, -0.2) is 43.7 Å². The van der Waals surface area contributed by atoms with Gasteiger partial charge in [0.05, 0.1) is 30.7 Å². The highest BCUT2D eigenvalue weighted by molar-refractivity contribution is 7.88. The van der Waals surface area contributed by atoms with Crippen LogP contribution < -0.4 is 4.72 Å². The molecule has 0 aliphatic heterocycles. The molecule has 1 heterocycles. The number of hydrogen-bond acceptors (Lipinski definition) is 4. The molecule has 1 atom stereocenters. The summed E-state index contributed by atoms with van der Waals surface area (Å²) < 4.78 is 33.5. The van der Waals surface area contributed by atoms with E-state index in [1.165, 1.54) is 11.8 Å². The van der Waals surface area contributed by atoms with Crippen molar-refractivity contribution in [3.8, 4) is 0 Å². The molecule has 0 saturated heterocycles. The molecule has 2 aromatic rings. The molecular weight excluding hydrogens is 362 g/mol. The van der Waals surface area contributed by atoms with Gasteiger partial charge in [-0.3, -0.25) is 4.68 Å². The van der Waals surface area contributed by atoms with Crippen molar-refractivity contribution < 1.29 is 13.2 Å². The largest absolute Gasteiger partial charge is 0.376 e. The molecule has 1 aliphatic rings. The summed E-state index contributed by atoms with van der Waals surface area (Å²) in [4.78, 5) is 0. The Labute approximate surface area is 162 Å². The second-order valence-corrected chi connectivity index (χ2v) is 9.26. The standard InChI is InChI=1S/C20H29N3O3S/c1-16-12-13-23(22-16)19(14-21-27(2,24)25)15-26-20-10-8-18(9-11-20)17-6-4-3-5-7-17/h3-7,12-13,18-21H,8-11,14-15H2,1-2H3/t18-,19-,20+/m1/s1. The number of rotatable bonds is 8. The maximum atomic E-state index is 11.5. The normalized spacial score (nSPS) is 21.9. The van der Waals surface area contributed by atoms with Gasteiger partial charge in [-0.1, -0.05) is 30.3 Å². The van der Waals surface area contributed by atoms with Crippen molar-refractivity contribution in [3.05, 3.63) is 53.9 Å². The number of aryl methyl sites for hydroxylation is 1. The summed E-state index contributed by atoms with van der Waals surface area (Å²) in [6.45, 7) is 2.65. The lowest BCUT2D eigenvalue weighted by molar-refractivity contribution is 0.00605. The van der Waals surface area contributed by atoms with E-state index in [0.717, 1.165) is 31.4 Å². The third-order valence-corrected chi connectivity index (χ3v) is 5.86. The Morgan fingerprint density at radius 1 is 1.19 bits per heavy atom. The molecular formula is C20H29N3O3S. The summed E-state index contributed by atoms with van der Waals surface area (Å²) in [6, 6.07) is 12.4. The average Bonchev–Trinajstić information content (AvgIpc) is 3.08. The van der Waals surface area contributed by atoms with Gasteiger partial charge in [0.15, 0.2) is 0 Å². The van der Waals surface area contributed by atoms with Gasteiger partial charge >= 0.3 is 0 Å². The highest BCUT2D eigenvalue weighted by Crippen LogP contribution is 2.34. The Balaban J connectivity index is 1.53. The fourth-order valence-corrected chi connectivity index (χ4v) is 4.14. The van der Waals surface area contributed by atoms with Crippen LogP contribution in [0, 0.1) is 6.92 Å². The Hall–Kier alpha value is -1.70. The van der Waals surface area contributed by atoms with Crippen molar-refractivity contribution in [2.75, 3.05) is 19.4 Å². The van der Waals surface area contributed by atoms with Gasteiger partial charge in [0.25, 0.3) is 0 Å². The van der Waals surface area contributed by atoms with E-state index in [0.29, 0.717) is 12.5 Å². The average molecular weight is 392 g/mol. The number of hydrogen-bond donors (Lipinski definition) is 1. The number of benzene rings is 1. The van der Waals surface area contributed by atoms with Crippen molar-refractivity contribution in [3.63, 3.8) is 0 Å². The molecule has 148 valence electrons. The highest BCUT2D eigenvalue weighted by atomic mass is 32.2. The molecule has 1 fully saturated rings. The predicted molar refractivity (Wildman–Crippen MR) is 106 cm³/mol. The molecule has 0 amide bonds. The molecule has 0 bridgehead atoms. The van der Waals surface area contributed by atoms with Gasteiger partial charge in [-0.15, -0.1) is 0 Å². The highest BCUT2D eigenvalue weighted by Gasteiger charge is 2.24. The van der Waals surface area contributed by atoms with Gasteiger partial charge < -0.3 is 4.74 Å². The van der Waals surface area contributed by atoms with Crippen LogP contribution >= 0.6 is 0 Å². The van der Waals surface area contributed by atoms with Gasteiger partial charge in [0.2, 0.25) is 10.0 Å². The fourth-order valence-electron chi connectivity index (χ4n) is 3.65. The number of ether oxygens (including phenoxy) is 1. The topological polar surface area (TPSA) is 73.2 Å². The number of nitrogens with zero attached hydrogens (tertiary/aromatic N) is 2. The Bertz CT molecular complexity index is 812. The quantitative estimate of drug-likeness (QED) is 0.751. The first-order chi connectivity index (χ1) is 12.9. The first kappa shape index (κ1) is 20.0. The summed E-state index contributed by atoms with van der Waals surface area (Å²) in [6.07, 6.45) is 7.59. The lowest BCUT2D eigenvalue weighted by atomic mass is 9.83. The minimum atomic E-state index is -3.25. The van der Waals surface area contributed by atoms with Crippen LogP contribution in [0.5, 0.6) is 0 Å². The molecule has 3 rings (SSSR count). The van der Waals surface area contributed by atoms with E-state index in [1.807, 2.05) is 19.2 Å². The summed E-state index contributed by atoms with van der Waals surface area (Å²) >= 11 is 0. The molecule has 1 aromatic carbocycles. The smallest absolute Gasteiger partial charge is 0.208 e. The van der Waals surface area contributed by atoms with Crippen LogP contribution in [0.25, 0.3) is 0 Å². The van der Waals surface area contributed by atoms with Crippen LogP contribution in [0.4, 0.5) is 0 Å². The number of nitrogens with one attached hydrogen (secondary N) is 1. The lowest BCUT2D eigenvalue weighted by Crippen LogP contribution is -2.34. The molecule has 0 radical (unpaired) electrons. The second-order valence-electron chi connectivity index (χ2n) is 7.43. The second kappa shape index (κ2) is 8.99. The van der Waals surface area contributed by atoms with Crippen LogP contribution in [0.15, 0.2) is 42.6 Å². The van der Waals surface area contributed by atoms with E-state index >= 15 is 0 Å². The molecule has 0 spiro atoms. The van der Waals surface area contributed by atoms with Crippen LogP contribution in [0.2, 0.25) is 0 Å². The molecule has 1 saturated carbocycles. The van der Waals surface area contributed by atoms with Crippen molar-refractivity contribution in [2.24, 2.45) is 0 Å². The van der Waals surface area contributed by atoms with Gasteiger partial charge in [0, 0.05) is 12.7 Å². The molecule has 1 N–H and O–H groups in total. The Morgan fingerprint density at radius 2 is 1.89 bits per heavy atom. The maximum absolute atomic E-state index is 11.5. The first-order valence-corrected chi connectivity index (χ1v) is 11.4. The van der Waals surface area contributed by atoms with Gasteiger partial charge in [-0.2, -0.15) is 5.10 Å². The van der Waals surface area contributed by atoms with Gasteiger partial charge in [-0.25, -0.2) is 13.1 Å². The zero-order chi connectivity index (χ0) is 19.3. The van der Waals surface area contributed by atoms with Crippen molar-refractivity contribution >= 4 is 10.0 Å². The van der Waals surface area contributed by atoms with E-state index in [4.69, 9.17) is 4.74 Å². The molecule has 1 aromatic heterocycles. The van der Waals surface area contributed by atoms with Crippen LogP contribution in [0.1, 0.15) is 48.9 Å². The van der Waals surface area contributed by atoms with Crippen LogP contribution in [0.3, 0.4) is 0 Å². The van der Waals surface area contributed by atoms with E-state index < -0.39 is 10.0 Å². The van der Waals surface area contributed by atoms with E-state index in [-0.39, 0.29) is 18.7 Å². The summed E-state index contributed by atoms with van der Waals surface area (Å²) in [5.41, 5.74) is 2.32. The molecule has 27 heavy (non-hydrogen) atoms. The Morgan fingerprint density at radius 3 is 2.48 bits per heavy atom. The van der Waals surface area contributed by atoms with Crippen molar-refractivity contribution in [1.29, 1.82) is 0 Å². The zero-order valence-corrected chi connectivity index (χ0v) is 16.9. The SMILES string of the molecule is Cc1ccn([C@H](CNS(C)(=O)=O)CO[C@H]2CC[C@@H](c3ccccc3)CC2)n1. The maximum Gasteiger partial charge on any atom is 0.208 e. The number of sulfonamides is 1. The summed E-state index contributed by atoms with van der Waals surface area (Å²) in [5, 5.41) is 4.43. The minimum Gasteiger partial charge on any atom is -0.376 e. The Kier molecular flexibility index (Phi) is 6.68. The summed E-state index contributed by atoms with van der Waals surface area (Å²) in [7, 11) is -3.25. The minimum absolute atomic E-state index is 0.153. The van der Waals surface area contributed by atoms with E-state index in [1.54, 1.807) is 4.68 Å². The lowest BCUT2D eigenvalue weighted by Gasteiger charge is -2.30. The fraction of sp³-hybridized carbons (Fsp3) is 0.550. The summed E-state index contributed by atoms with van der Waals surface area (Å²) in [5.74, 6) is 0.613. The van der Waals surface area contributed by atoms with Gasteiger partial charge in [0.1, 0.15) is 0 Å². The zero-order valence-electron chi connectivity index (χ0n) is 16.0. The number of aromatic nitrogens is 2. The molecule has 7 heteroatoms. The third kappa shape index (κ3) is 6.16. The van der Waals surface area contributed by atoms with Crippen molar-refractivity contribution in [2.45, 2.75) is 50.7 Å². The van der Waals surface area contributed by atoms with E-state index in [2.05, 4.69) is 40.2 Å². The molecule has 1 aliphatic carbocycles. The third-order valence-electron chi connectivity index (χ3n) is 5.17. The van der Waals surface area contributed by atoms with Crippen LogP contribution in [-0.2, 0) is 14.8 Å². The molecule has 0 unspecified atom stereocenters. The predicted octanol–water partition coefficient (Wildman–Crippen LogP) is 3.02. The van der Waals surface area contributed by atoms with Crippen molar-refractivity contribution in [1.82, 2.24) is 14.5 Å². The monoisotopic (exact) mass is 391 g/mol. The molecule has 6 nitrogen and oxygen atoms in total. The van der Waals surface area contributed by atoms with Gasteiger partial charge in [-0.05, 0) is 50.2 Å². The van der Waals surface area contributed by atoms with E-state index in [9.17, 15) is 8.42 Å².